The fourth-order valence-corrected chi connectivity index (χ4v) is 2.52. The quantitative estimate of drug-likeness (QED) is 0.593. The zero-order chi connectivity index (χ0) is 19.1. The molecule has 0 fully saturated rings. The highest BCUT2D eigenvalue weighted by atomic mass is 16.5. The first-order valence-corrected chi connectivity index (χ1v) is 8.49. The average Bonchev–Trinajstić information content (AvgIpc) is 2.72. The van der Waals surface area contributed by atoms with Crippen molar-refractivity contribution in [3.05, 3.63) is 95.6 Å². The molecule has 136 valence electrons. The van der Waals surface area contributed by atoms with Crippen molar-refractivity contribution in [1.29, 1.82) is 0 Å². The summed E-state index contributed by atoms with van der Waals surface area (Å²) in [5.41, 5.74) is 2.97. The molecule has 0 amide bonds. The molecule has 27 heavy (non-hydrogen) atoms. The summed E-state index contributed by atoms with van der Waals surface area (Å²) in [6.07, 6.45) is 0. The molecule has 0 aliphatic rings. The predicted octanol–water partition coefficient (Wildman–Crippen LogP) is 3.99. The number of carbonyl (C=O) groups excluding carboxylic acids is 1. The Balaban J connectivity index is 1.56. The molecule has 0 atom stereocenters. The minimum Gasteiger partial charge on any atom is -0.489 e. The van der Waals surface area contributed by atoms with Gasteiger partial charge in [0, 0.05) is 16.8 Å². The lowest BCUT2D eigenvalue weighted by molar-refractivity contribution is -0.134. The minimum absolute atomic E-state index is 0.00693. The first-order valence-electron chi connectivity index (χ1n) is 8.49. The summed E-state index contributed by atoms with van der Waals surface area (Å²) >= 11 is 0. The van der Waals surface area contributed by atoms with E-state index in [0.29, 0.717) is 29.2 Å². The van der Waals surface area contributed by atoms with Gasteiger partial charge < -0.3 is 15.2 Å². The van der Waals surface area contributed by atoms with Crippen molar-refractivity contribution in [2.24, 2.45) is 0 Å². The van der Waals surface area contributed by atoms with E-state index in [-0.39, 0.29) is 12.3 Å². The van der Waals surface area contributed by atoms with E-state index in [1.165, 1.54) is 0 Å². The smallest absolute Gasteiger partial charge is 0.322 e. The molecule has 0 saturated carbocycles. The van der Waals surface area contributed by atoms with Gasteiger partial charge in [-0.3, -0.25) is 9.59 Å². The fourth-order valence-electron chi connectivity index (χ4n) is 2.52. The molecule has 5 heteroatoms. The van der Waals surface area contributed by atoms with E-state index in [2.05, 4.69) is 5.32 Å². The normalized spacial score (nSPS) is 10.2. The zero-order valence-corrected chi connectivity index (χ0v) is 14.6. The number of benzene rings is 3. The molecule has 0 aliphatic carbocycles. The molecule has 0 aromatic heterocycles. The van der Waals surface area contributed by atoms with Crippen LogP contribution in [0.1, 0.15) is 21.5 Å². The van der Waals surface area contributed by atoms with Gasteiger partial charge in [-0.2, -0.15) is 0 Å². The highest BCUT2D eigenvalue weighted by Crippen LogP contribution is 2.18. The Morgan fingerprint density at radius 1 is 0.815 bits per heavy atom. The zero-order valence-electron chi connectivity index (χ0n) is 14.6. The summed E-state index contributed by atoms with van der Waals surface area (Å²) in [5, 5.41) is 11.4. The maximum atomic E-state index is 12.4. The number of ketones is 1. The van der Waals surface area contributed by atoms with Crippen LogP contribution in [0.4, 0.5) is 5.69 Å². The van der Waals surface area contributed by atoms with Gasteiger partial charge in [0.05, 0.1) is 0 Å². The average molecular weight is 361 g/mol. The third-order valence-corrected chi connectivity index (χ3v) is 3.96. The van der Waals surface area contributed by atoms with Crippen molar-refractivity contribution in [3.8, 4) is 5.75 Å². The second kappa shape index (κ2) is 8.67. The van der Waals surface area contributed by atoms with Gasteiger partial charge in [0.25, 0.3) is 0 Å². The van der Waals surface area contributed by atoms with E-state index in [1.54, 1.807) is 48.5 Å². The first kappa shape index (κ1) is 18.2. The topological polar surface area (TPSA) is 75.6 Å². The third-order valence-electron chi connectivity index (χ3n) is 3.96. The number of carboxylic acids is 1. The molecule has 0 bridgehead atoms. The molecule has 3 aromatic rings. The van der Waals surface area contributed by atoms with Crippen molar-refractivity contribution in [1.82, 2.24) is 0 Å². The Kier molecular flexibility index (Phi) is 5.84. The number of ether oxygens (including phenoxy) is 1. The fraction of sp³-hybridized carbons (Fsp3) is 0.0909. The van der Waals surface area contributed by atoms with Crippen LogP contribution in [-0.4, -0.2) is 23.4 Å². The summed E-state index contributed by atoms with van der Waals surface area (Å²) in [6, 6.07) is 23.6. The van der Waals surface area contributed by atoms with Crippen LogP contribution < -0.4 is 10.1 Å². The second-order valence-corrected chi connectivity index (χ2v) is 5.95. The molecule has 0 spiro atoms. The number of nitrogens with one attached hydrogen (secondary N) is 1. The molecule has 2 N–H and O–H groups in total. The summed E-state index contributed by atoms with van der Waals surface area (Å²) < 4.78 is 5.73. The summed E-state index contributed by atoms with van der Waals surface area (Å²) in [7, 11) is 0. The van der Waals surface area contributed by atoms with Crippen molar-refractivity contribution in [3.63, 3.8) is 0 Å². The minimum atomic E-state index is -0.912. The summed E-state index contributed by atoms with van der Waals surface area (Å²) in [5.74, 6) is -0.239. The summed E-state index contributed by atoms with van der Waals surface area (Å²) in [6.45, 7) is 0.246. The monoisotopic (exact) mass is 361 g/mol. The first-order chi connectivity index (χ1) is 13.1. The van der Waals surface area contributed by atoms with Gasteiger partial charge in [-0.25, -0.2) is 0 Å². The lowest BCUT2D eigenvalue weighted by atomic mass is 10.0. The van der Waals surface area contributed by atoms with Gasteiger partial charge in [0.2, 0.25) is 0 Å². The molecule has 0 aliphatic heterocycles. The van der Waals surface area contributed by atoms with Crippen LogP contribution in [0.3, 0.4) is 0 Å². The Bertz CT molecular complexity index is 903. The van der Waals surface area contributed by atoms with Gasteiger partial charge in [-0.15, -0.1) is 0 Å². The van der Waals surface area contributed by atoms with Gasteiger partial charge in [0.1, 0.15) is 18.9 Å². The van der Waals surface area contributed by atoms with Crippen LogP contribution in [0.25, 0.3) is 0 Å². The molecule has 3 aromatic carbocycles. The predicted molar refractivity (Wildman–Crippen MR) is 103 cm³/mol. The number of anilines is 1. The van der Waals surface area contributed by atoms with Crippen LogP contribution in [0, 0.1) is 0 Å². The largest absolute Gasteiger partial charge is 0.489 e. The third kappa shape index (κ3) is 5.19. The molecular formula is C22H19NO4. The van der Waals surface area contributed by atoms with E-state index >= 15 is 0 Å². The van der Waals surface area contributed by atoms with E-state index < -0.39 is 5.97 Å². The molecule has 5 nitrogen and oxygen atoms in total. The number of hydrogen-bond donors (Lipinski definition) is 2. The highest BCUT2D eigenvalue weighted by Gasteiger charge is 2.08. The van der Waals surface area contributed by atoms with Crippen LogP contribution >= 0.6 is 0 Å². The number of aliphatic carboxylic acids is 1. The van der Waals surface area contributed by atoms with E-state index in [4.69, 9.17) is 9.84 Å². The molecule has 3 rings (SSSR count). The Hall–Kier alpha value is -3.60. The molecular weight excluding hydrogens is 342 g/mol. The summed E-state index contributed by atoms with van der Waals surface area (Å²) in [4.78, 5) is 22.9. The number of rotatable bonds is 8. The second-order valence-electron chi connectivity index (χ2n) is 5.95. The Morgan fingerprint density at radius 3 is 2.07 bits per heavy atom. The van der Waals surface area contributed by atoms with Crippen LogP contribution in [-0.2, 0) is 11.4 Å². The number of hydrogen-bond acceptors (Lipinski definition) is 4. The van der Waals surface area contributed by atoms with Gasteiger partial charge >= 0.3 is 5.97 Å². The van der Waals surface area contributed by atoms with E-state index in [9.17, 15) is 9.59 Å². The maximum absolute atomic E-state index is 12.4. The van der Waals surface area contributed by atoms with Crippen LogP contribution in [0.5, 0.6) is 5.75 Å². The lowest BCUT2D eigenvalue weighted by Crippen LogP contribution is -2.12. The molecule has 0 radical (unpaired) electrons. The van der Waals surface area contributed by atoms with Gasteiger partial charge in [0.15, 0.2) is 5.78 Å². The standard InChI is InChI=1S/C22H19NO4/c24-21(25)14-23-19-10-12-20(13-11-19)27-15-16-6-8-18(9-7-16)22(26)17-4-2-1-3-5-17/h1-13,23H,14-15H2,(H,24,25). The van der Waals surface area contributed by atoms with E-state index in [0.717, 1.165) is 5.56 Å². The maximum Gasteiger partial charge on any atom is 0.322 e. The SMILES string of the molecule is O=C(O)CNc1ccc(OCc2ccc(C(=O)c3ccccc3)cc2)cc1. The highest BCUT2D eigenvalue weighted by molar-refractivity contribution is 6.08. The van der Waals surface area contributed by atoms with Crippen molar-refractivity contribution in [2.45, 2.75) is 6.61 Å². The van der Waals surface area contributed by atoms with E-state index in [1.807, 2.05) is 30.3 Å². The van der Waals surface area contributed by atoms with Crippen LogP contribution in [0.2, 0.25) is 0 Å². The Labute approximate surface area is 157 Å². The number of carboxylic acid groups (broad SMARTS) is 1. The van der Waals surface area contributed by atoms with Crippen molar-refractivity contribution in [2.75, 3.05) is 11.9 Å². The Morgan fingerprint density at radius 2 is 1.44 bits per heavy atom. The van der Waals surface area contributed by atoms with Crippen molar-refractivity contribution >= 4 is 17.4 Å². The molecule has 0 unspecified atom stereocenters. The molecule has 0 heterocycles. The van der Waals surface area contributed by atoms with Gasteiger partial charge in [-0.05, 0) is 29.8 Å². The number of carbonyl (C=O) groups is 2. The van der Waals surface area contributed by atoms with Crippen LogP contribution in [0.15, 0.2) is 78.9 Å². The molecule has 0 saturated heterocycles. The lowest BCUT2D eigenvalue weighted by Gasteiger charge is -2.09. The van der Waals surface area contributed by atoms with Gasteiger partial charge in [-0.1, -0.05) is 54.6 Å². The van der Waals surface area contributed by atoms with Crippen molar-refractivity contribution < 1.29 is 19.4 Å².